The second-order valence-electron chi connectivity index (χ2n) is 13.9. The van der Waals surface area contributed by atoms with Crippen molar-refractivity contribution in [2.45, 2.75) is 92.8 Å². The van der Waals surface area contributed by atoms with E-state index in [1.54, 1.807) is 0 Å². The predicted octanol–water partition coefficient (Wildman–Crippen LogP) is 1.67. The van der Waals surface area contributed by atoms with Gasteiger partial charge in [0.2, 0.25) is 0 Å². The number of ketones is 1. The molecule has 2 aliphatic heterocycles. The SMILES string of the molecule is C/C=c1/c(CO)c2[n-]/c1=C\c1[n-]c(c(CC)c1C)/C=c1\[n-]c3c(c1C)C(=O)[C@H](C(=O)OC)C=3C1[N-]C(C2)[C@@H](C)[C@@H]1CCC(=O)OCC=C(C)C.[Mg+2]. The summed E-state index contributed by atoms with van der Waals surface area (Å²) >= 11 is 0. The zero-order valence-corrected chi connectivity index (χ0v) is 32.3. The van der Waals surface area contributed by atoms with E-state index in [2.05, 4.69) is 13.8 Å². The minimum absolute atomic E-state index is 0. The summed E-state index contributed by atoms with van der Waals surface area (Å²) in [6, 6.07) is -0.862. The van der Waals surface area contributed by atoms with Crippen LogP contribution in [0.3, 0.4) is 0 Å². The van der Waals surface area contributed by atoms with Crippen LogP contribution < -0.4 is 36.2 Å². The number of rotatable bonds is 8. The van der Waals surface area contributed by atoms with Gasteiger partial charge < -0.3 is 34.8 Å². The monoisotopic (exact) mass is 702 g/mol. The number of Topliss-reactive ketones (excluding diaryl/α,β-unsaturated/α-hetero) is 1. The summed E-state index contributed by atoms with van der Waals surface area (Å²) in [5, 5.41) is 18.7. The first-order chi connectivity index (χ1) is 23.9. The minimum atomic E-state index is -1.18. The van der Waals surface area contributed by atoms with Crippen molar-refractivity contribution in [2.75, 3.05) is 13.7 Å². The molecule has 0 radical (unpaired) electrons. The fourth-order valence-corrected chi connectivity index (χ4v) is 8.11. The van der Waals surface area contributed by atoms with E-state index in [1.165, 1.54) is 7.11 Å². The Labute approximate surface area is 314 Å². The molecule has 1 aliphatic carbocycles. The van der Waals surface area contributed by atoms with Crippen molar-refractivity contribution in [3.8, 4) is 0 Å². The zero-order valence-electron chi connectivity index (χ0n) is 30.9. The molecule has 8 bridgehead atoms. The third-order valence-electron chi connectivity index (χ3n) is 10.9. The average Bonchev–Trinajstić information content (AvgIpc) is 3.83. The Morgan fingerprint density at radius 2 is 1.76 bits per heavy atom. The van der Waals surface area contributed by atoms with E-state index in [1.807, 2.05) is 58.9 Å². The van der Waals surface area contributed by atoms with Crippen LogP contribution in [0.2, 0.25) is 0 Å². The summed E-state index contributed by atoms with van der Waals surface area (Å²) in [6.45, 7) is 13.9. The van der Waals surface area contributed by atoms with Gasteiger partial charge in [0, 0.05) is 12.0 Å². The summed E-state index contributed by atoms with van der Waals surface area (Å²) in [4.78, 5) is 55.7. The van der Waals surface area contributed by atoms with Crippen molar-refractivity contribution in [3.63, 3.8) is 0 Å². The molecule has 0 amide bonds. The number of carbonyl (C=O) groups is 3. The molecule has 10 nitrogen and oxygen atoms in total. The molecule has 3 aromatic rings. The minimum Gasteiger partial charge on any atom is -0.661 e. The summed E-state index contributed by atoms with van der Waals surface area (Å²) in [6.07, 6.45) is 9.51. The number of methoxy groups -OCH3 is 1. The van der Waals surface area contributed by atoms with Crippen LogP contribution in [-0.4, -0.2) is 71.7 Å². The van der Waals surface area contributed by atoms with Crippen LogP contribution in [0.25, 0.3) is 29.1 Å². The van der Waals surface area contributed by atoms with Crippen molar-refractivity contribution in [3.05, 3.63) is 83.1 Å². The Morgan fingerprint density at radius 3 is 2.41 bits per heavy atom. The van der Waals surface area contributed by atoms with Gasteiger partial charge >= 0.3 is 35.0 Å². The van der Waals surface area contributed by atoms with E-state index >= 15 is 0 Å². The maximum atomic E-state index is 14.2. The van der Waals surface area contributed by atoms with Crippen molar-refractivity contribution >= 4 is 64.6 Å². The largest absolute Gasteiger partial charge is 2.00 e. The number of carbonyl (C=O) groups excluding carboxylic acids is 3. The molecule has 1 saturated heterocycles. The molecule has 3 aromatic heterocycles. The van der Waals surface area contributed by atoms with Gasteiger partial charge in [0.15, 0.2) is 5.78 Å². The first-order valence-corrected chi connectivity index (χ1v) is 17.5. The number of aliphatic hydroxyl groups is 1. The van der Waals surface area contributed by atoms with Crippen LogP contribution >= 0.6 is 0 Å². The molecular weight excluding hydrogens is 657 g/mol. The second kappa shape index (κ2) is 15.5. The summed E-state index contributed by atoms with van der Waals surface area (Å²) < 4.78 is 10.7. The number of allylic oxidation sites excluding steroid dienone is 1. The van der Waals surface area contributed by atoms with E-state index in [4.69, 9.17) is 29.7 Å². The molecule has 1 fully saturated rings. The number of hydrogen-bond acceptors (Lipinski definition) is 6. The maximum absolute atomic E-state index is 14.2. The molecule has 5 atom stereocenters. The van der Waals surface area contributed by atoms with Crippen LogP contribution in [0, 0.1) is 31.6 Å². The van der Waals surface area contributed by atoms with Gasteiger partial charge in [-0.25, -0.2) is 0 Å². The van der Waals surface area contributed by atoms with E-state index in [0.29, 0.717) is 40.2 Å². The van der Waals surface area contributed by atoms with Gasteiger partial charge in [0.25, 0.3) is 0 Å². The summed E-state index contributed by atoms with van der Waals surface area (Å²) in [5.41, 5.74) is 7.84. The standard InChI is InChI=1S/C40H47N4O6.Mg/c1-9-23-20(5)27-15-31-24(10-2)26(18-45)32(42-31)16-28-21(6)25(11-12-33(46)50-14-13-19(3)4)37(43-28)35-36(40(48)49-8)39(47)34-22(7)29(44-38(34)35)17-30(23)41-27;/h10,13,15,17,21,25,28,36-37,45H,9,11-12,14,16,18H2,1-8H3,(H-,41,42,47);/q-3;+2/p-1/b24-10-;/t21-,25-,28?,36+,37?;/m0./s1. The Morgan fingerprint density at radius 1 is 1.04 bits per heavy atom. The van der Waals surface area contributed by atoms with Crippen molar-refractivity contribution < 1.29 is 29.0 Å². The molecule has 11 heteroatoms. The first-order valence-electron chi connectivity index (χ1n) is 17.5. The van der Waals surface area contributed by atoms with Crippen LogP contribution in [0.15, 0.2) is 11.6 Å². The molecule has 5 heterocycles. The number of nitrogens with zero attached hydrogens (tertiary/aromatic N) is 4. The second-order valence-corrected chi connectivity index (χ2v) is 13.9. The molecular formula is C40H46MgN4O6-2. The molecule has 0 aromatic carbocycles. The van der Waals surface area contributed by atoms with Crippen LogP contribution in [0.1, 0.15) is 97.2 Å². The number of aliphatic hydroxyl groups excluding tert-OH is 1. The quantitative estimate of drug-likeness (QED) is 0.160. The van der Waals surface area contributed by atoms with E-state index in [0.717, 1.165) is 56.3 Å². The first kappa shape index (κ1) is 38.6. The summed E-state index contributed by atoms with van der Waals surface area (Å²) in [7, 11) is 1.28. The Hall–Kier alpha value is -3.64. The fourth-order valence-electron chi connectivity index (χ4n) is 8.11. The fraction of sp³-hybridized carbons (Fsp3) is 0.475. The van der Waals surface area contributed by atoms with Crippen molar-refractivity contribution in [1.29, 1.82) is 0 Å². The molecule has 0 spiro atoms. The van der Waals surface area contributed by atoms with Crippen molar-refractivity contribution in [1.82, 2.24) is 15.0 Å². The number of aromatic nitrogens is 3. The van der Waals surface area contributed by atoms with Crippen LogP contribution in [0.4, 0.5) is 0 Å². The topological polar surface area (TPSA) is 146 Å². The van der Waals surface area contributed by atoms with Gasteiger partial charge in [-0.05, 0) is 64.3 Å². The van der Waals surface area contributed by atoms with Crippen molar-refractivity contribution in [2.24, 2.45) is 17.8 Å². The molecule has 266 valence electrons. The predicted molar refractivity (Wildman–Crippen MR) is 196 cm³/mol. The number of ether oxygens (including phenoxy) is 2. The van der Waals surface area contributed by atoms with Crippen LogP contribution in [0.5, 0.6) is 0 Å². The number of esters is 2. The van der Waals surface area contributed by atoms with Gasteiger partial charge in [0.05, 0.1) is 13.7 Å². The average molecular weight is 703 g/mol. The van der Waals surface area contributed by atoms with E-state index in [-0.39, 0.29) is 72.3 Å². The maximum Gasteiger partial charge on any atom is 2.00 e. The smallest absolute Gasteiger partial charge is 0.661 e. The molecule has 3 aliphatic rings. The Balaban J connectivity index is 0.00000504. The van der Waals surface area contributed by atoms with Gasteiger partial charge in [-0.3, -0.25) is 14.4 Å². The summed E-state index contributed by atoms with van der Waals surface area (Å²) in [5.74, 6) is -2.77. The molecule has 6 rings (SSSR count). The molecule has 51 heavy (non-hydrogen) atoms. The Bertz CT molecular complexity index is 2150. The third kappa shape index (κ3) is 6.85. The van der Waals surface area contributed by atoms with Gasteiger partial charge in [-0.2, -0.15) is 5.69 Å². The van der Waals surface area contributed by atoms with E-state index < -0.39 is 17.9 Å². The van der Waals surface area contributed by atoms with Gasteiger partial charge in [-0.1, -0.05) is 78.2 Å². The number of hydrogen-bond donors (Lipinski definition) is 1. The Kier molecular flexibility index (Phi) is 11.8. The molecule has 0 saturated carbocycles. The number of fused-ring (bicyclic) bond motifs is 8. The third-order valence-corrected chi connectivity index (χ3v) is 10.9. The molecule has 1 N–H and O–H groups in total. The van der Waals surface area contributed by atoms with Crippen LogP contribution in [-0.2, 0) is 38.5 Å². The van der Waals surface area contributed by atoms with E-state index in [9.17, 15) is 19.5 Å². The van der Waals surface area contributed by atoms with Gasteiger partial charge in [0.1, 0.15) is 12.5 Å². The molecule has 2 unspecified atom stereocenters. The zero-order chi connectivity index (χ0) is 36.0. The normalized spacial score (nSPS) is 23.6. The van der Waals surface area contributed by atoms with Gasteiger partial charge in [-0.15, -0.1) is 39.5 Å².